The molecule has 3 nitrogen and oxygen atoms in total. The fourth-order valence-corrected chi connectivity index (χ4v) is 2.96. The van der Waals surface area contributed by atoms with Crippen molar-refractivity contribution in [3.05, 3.63) is 81.7 Å². The predicted molar refractivity (Wildman–Crippen MR) is 101 cm³/mol. The predicted octanol–water partition coefficient (Wildman–Crippen LogP) is 6.34. The maximum absolute atomic E-state index is 13.7. The van der Waals surface area contributed by atoms with Crippen molar-refractivity contribution in [1.82, 2.24) is 9.97 Å². The third kappa shape index (κ3) is 4.70. The smallest absolute Gasteiger partial charge is 0.241 e. The molecule has 0 aliphatic heterocycles. The number of anilines is 2. The molecule has 0 aliphatic carbocycles. The van der Waals surface area contributed by atoms with E-state index in [1.807, 2.05) is 0 Å². The average molecular weight is 412 g/mol. The van der Waals surface area contributed by atoms with Crippen LogP contribution in [0.2, 0.25) is 10.0 Å². The molecule has 1 heterocycles. The molecule has 140 valence electrons. The summed E-state index contributed by atoms with van der Waals surface area (Å²) in [4.78, 5) is 8.15. The van der Waals surface area contributed by atoms with Gasteiger partial charge in [0.15, 0.2) is 0 Å². The molecule has 1 aromatic heterocycles. The van der Waals surface area contributed by atoms with Gasteiger partial charge in [-0.25, -0.2) is 14.9 Å². The van der Waals surface area contributed by atoms with Crippen molar-refractivity contribution in [3.63, 3.8) is 0 Å². The van der Waals surface area contributed by atoms with Crippen molar-refractivity contribution in [2.45, 2.75) is 19.6 Å². The summed E-state index contributed by atoms with van der Waals surface area (Å²) in [5.74, 6) is -0.252. The molecule has 0 radical (unpaired) electrons. The van der Waals surface area contributed by atoms with Gasteiger partial charge >= 0.3 is 6.30 Å². The molecule has 0 N–H and O–H groups in total. The van der Waals surface area contributed by atoms with E-state index in [1.165, 1.54) is 18.2 Å². The van der Waals surface area contributed by atoms with E-state index >= 15 is 0 Å². The highest BCUT2D eigenvalue weighted by atomic mass is 35.5. The van der Waals surface area contributed by atoms with Gasteiger partial charge in [0.05, 0.1) is 21.4 Å². The van der Waals surface area contributed by atoms with E-state index in [4.69, 9.17) is 23.2 Å². The van der Waals surface area contributed by atoms with Gasteiger partial charge in [0.2, 0.25) is 0 Å². The van der Waals surface area contributed by atoms with Gasteiger partial charge in [0.25, 0.3) is 0 Å². The lowest BCUT2D eigenvalue weighted by Gasteiger charge is -2.26. The maximum Gasteiger partial charge on any atom is 0.490 e. The molecule has 0 fully saturated rings. The molecule has 27 heavy (non-hydrogen) atoms. The topological polar surface area (TPSA) is 29.0 Å². The highest BCUT2D eigenvalue weighted by molar-refractivity contribution is 6.42. The van der Waals surface area contributed by atoms with Crippen molar-refractivity contribution in [3.8, 4) is 0 Å². The summed E-state index contributed by atoms with van der Waals surface area (Å²) in [5, 5.41) is 0.784. The average Bonchev–Trinajstić information content (AvgIpc) is 2.58. The molecule has 3 rings (SSSR count). The monoisotopic (exact) mass is 411 g/mol. The second-order valence-corrected chi connectivity index (χ2v) is 6.75. The Balaban J connectivity index is 1.97. The summed E-state index contributed by atoms with van der Waals surface area (Å²) in [6.45, 7) is 1.73. The van der Waals surface area contributed by atoms with Gasteiger partial charge in [-0.3, -0.25) is 0 Å². The summed E-state index contributed by atoms with van der Waals surface area (Å²) in [5.41, 5.74) is 1.91. The van der Waals surface area contributed by atoms with Crippen LogP contribution < -0.4 is 4.90 Å². The largest absolute Gasteiger partial charge is 0.490 e. The van der Waals surface area contributed by atoms with E-state index in [0.29, 0.717) is 27.7 Å². The van der Waals surface area contributed by atoms with Gasteiger partial charge in [0, 0.05) is 12.5 Å². The zero-order valence-corrected chi connectivity index (χ0v) is 15.6. The molecule has 0 spiro atoms. The lowest BCUT2D eigenvalue weighted by Crippen LogP contribution is -2.34. The zero-order chi connectivity index (χ0) is 19.6. The Bertz CT molecular complexity index is 961. The molecule has 2 aromatic carbocycles. The number of alkyl halides is 3. The van der Waals surface area contributed by atoms with Gasteiger partial charge in [-0.05, 0) is 42.3 Å². The number of benzene rings is 2. The van der Waals surface area contributed by atoms with Crippen molar-refractivity contribution in [2.24, 2.45) is 0 Å². The van der Waals surface area contributed by atoms with E-state index in [9.17, 15) is 13.2 Å². The highest BCUT2D eigenvalue weighted by Crippen LogP contribution is 2.36. The number of nitrogens with zero attached hydrogens (tertiary/aromatic N) is 3. The van der Waals surface area contributed by atoms with Crippen LogP contribution >= 0.6 is 23.2 Å². The molecule has 8 heteroatoms. The zero-order valence-electron chi connectivity index (χ0n) is 14.1. The minimum absolute atomic E-state index is 0.0123. The number of rotatable bonds is 4. The lowest BCUT2D eigenvalue weighted by molar-refractivity contribution is -0.121. The van der Waals surface area contributed by atoms with E-state index in [0.717, 1.165) is 11.9 Å². The van der Waals surface area contributed by atoms with E-state index in [2.05, 4.69) is 9.97 Å². The molecule has 3 aromatic rings. The Morgan fingerprint density at radius 2 is 1.74 bits per heavy atom. The van der Waals surface area contributed by atoms with Gasteiger partial charge in [0.1, 0.15) is 12.1 Å². The van der Waals surface area contributed by atoms with Crippen LogP contribution in [0.15, 0.2) is 54.9 Å². The number of hydrogen-bond acceptors (Lipinski definition) is 3. The standard InChI is InChI=1S/C19H14Cl2F3N3/c1-12-3-2-4-15(7-12)27(19(22,23)24)18-10-14(25-11-26-18)8-13-5-6-16(20)17(21)9-13/h2-7,9-11H,8H2,1H3. The summed E-state index contributed by atoms with van der Waals surface area (Å²) in [7, 11) is 0. The Kier molecular flexibility index (Phi) is 5.58. The van der Waals surface area contributed by atoms with E-state index < -0.39 is 6.30 Å². The normalized spacial score (nSPS) is 11.5. The first-order valence-electron chi connectivity index (χ1n) is 7.92. The molecular weight excluding hydrogens is 398 g/mol. The second-order valence-electron chi connectivity index (χ2n) is 5.94. The summed E-state index contributed by atoms with van der Waals surface area (Å²) in [6.07, 6.45) is -3.22. The van der Waals surface area contributed by atoms with Crippen LogP contribution in [0.1, 0.15) is 16.8 Å². The van der Waals surface area contributed by atoms with Crippen LogP contribution in [-0.2, 0) is 6.42 Å². The van der Waals surface area contributed by atoms with Gasteiger partial charge in [-0.2, -0.15) is 0 Å². The van der Waals surface area contributed by atoms with Crippen LogP contribution in [0, 0.1) is 6.92 Å². The van der Waals surface area contributed by atoms with Crippen molar-refractivity contribution in [2.75, 3.05) is 4.90 Å². The van der Waals surface area contributed by atoms with Crippen LogP contribution in [0.3, 0.4) is 0 Å². The summed E-state index contributed by atoms with van der Waals surface area (Å²) in [6, 6.07) is 12.5. The van der Waals surface area contributed by atoms with Crippen molar-refractivity contribution < 1.29 is 13.2 Å². The molecule has 0 amide bonds. The summed E-state index contributed by atoms with van der Waals surface area (Å²) >= 11 is 11.9. The molecule has 0 saturated carbocycles. The minimum atomic E-state index is -4.64. The fourth-order valence-electron chi connectivity index (χ4n) is 2.64. The van der Waals surface area contributed by atoms with Crippen molar-refractivity contribution in [1.29, 1.82) is 0 Å². The van der Waals surface area contributed by atoms with Crippen molar-refractivity contribution >= 4 is 34.7 Å². The van der Waals surface area contributed by atoms with E-state index in [-0.39, 0.29) is 16.4 Å². The molecule has 0 aliphatic rings. The third-order valence-electron chi connectivity index (χ3n) is 3.82. The van der Waals surface area contributed by atoms with Crippen LogP contribution in [0.5, 0.6) is 0 Å². The Labute approximate surface area is 164 Å². The molecule has 0 unspecified atom stereocenters. The van der Waals surface area contributed by atoms with Gasteiger partial charge < -0.3 is 0 Å². The molecule has 0 atom stereocenters. The van der Waals surface area contributed by atoms with Gasteiger partial charge in [-0.1, -0.05) is 41.4 Å². The number of hydrogen-bond donors (Lipinski definition) is 0. The Morgan fingerprint density at radius 3 is 2.41 bits per heavy atom. The molecular formula is C19H14Cl2F3N3. The second kappa shape index (κ2) is 7.74. The Hall–Kier alpha value is -2.31. The van der Waals surface area contributed by atoms with Gasteiger partial charge in [-0.15, -0.1) is 13.2 Å². The highest BCUT2D eigenvalue weighted by Gasteiger charge is 2.40. The SMILES string of the molecule is Cc1cccc(N(c2cc(Cc3ccc(Cl)c(Cl)c3)ncn2)C(F)(F)F)c1. The Morgan fingerprint density at radius 1 is 0.963 bits per heavy atom. The van der Waals surface area contributed by atoms with Crippen LogP contribution in [0.4, 0.5) is 24.7 Å². The van der Waals surface area contributed by atoms with Crippen LogP contribution in [0.25, 0.3) is 0 Å². The number of aryl methyl sites for hydroxylation is 1. The quantitative estimate of drug-likeness (QED) is 0.469. The third-order valence-corrected chi connectivity index (χ3v) is 4.56. The first kappa shape index (κ1) is 19.5. The number of aromatic nitrogens is 2. The first-order chi connectivity index (χ1) is 12.7. The fraction of sp³-hybridized carbons (Fsp3) is 0.158. The first-order valence-corrected chi connectivity index (χ1v) is 8.68. The van der Waals surface area contributed by atoms with Crippen LogP contribution in [-0.4, -0.2) is 16.3 Å². The summed E-state index contributed by atoms with van der Waals surface area (Å²) < 4.78 is 41.1. The lowest BCUT2D eigenvalue weighted by atomic mass is 10.1. The minimum Gasteiger partial charge on any atom is -0.241 e. The molecule has 0 bridgehead atoms. The maximum atomic E-state index is 13.7. The number of halogens is 5. The molecule has 0 saturated heterocycles. The van der Waals surface area contributed by atoms with E-state index in [1.54, 1.807) is 37.3 Å².